The van der Waals surface area contributed by atoms with Gasteiger partial charge in [-0.3, -0.25) is 5.43 Å². The van der Waals surface area contributed by atoms with Gasteiger partial charge in [0.05, 0.1) is 11.0 Å². The summed E-state index contributed by atoms with van der Waals surface area (Å²) < 4.78 is 0. The van der Waals surface area contributed by atoms with Crippen molar-refractivity contribution in [2.45, 2.75) is 45.2 Å². The lowest BCUT2D eigenvalue weighted by Gasteiger charge is -2.38. The largest absolute Gasteiger partial charge is 0.399 e. The number of fused-ring (bicyclic) bond motifs is 1. The van der Waals surface area contributed by atoms with Crippen molar-refractivity contribution in [1.29, 1.82) is 0 Å². The summed E-state index contributed by atoms with van der Waals surface area (Å²) >= 11 is 0. The molecular formula is C14H21N5. The van der Waals surface area contributed by atoms with E-state index in [1.165, 1.54) is 19.3 Å². The highest BCUT2D eigenvalue weighted by Crippen LogP contribution is 2.24. The van der Waals surface area contributed by atoms with E-state index in [1.807, 2.05) is 18.2 Å². The van der Waals surface area contributed by atoms with Gasteiger partial charge in [0.1, 0.15) is 0 Å². The van der Waals surface area contributed by atoms with Crippen LogP contribution in [-0.4, -0.2) is 27.1 Å². The monoisotopic (exact) mass is 259 g/mol. The molecule has 5 nitrogen and oxygen atoms in total. The van der Waals surface area contributed by atoms with Crippen molar-refractivity contribution in [3.05, 3.63) is 18.2 Å². The average Bonchev–Trinajstić information content (AvgIpc) is 2.75. The molecule has 1 aliphatic rings. The first-order valence-corrected chi connectivity index (χ1v) is 6.94. The Morgan fingerprint density at radius 1 is 1.32 bits per heavy atom. The normalized spacial score (nSPS) is 24.7. The van der Waals surface area contributed by atoms with Crippen LogP contribution in [0.4, 0.5) is 11.6 Å². The molecule has 3 rings (SSSR count). The standard InChI is InChI=1S/C14H21N5/c1-9-4-3-5-10(2)19(9)18-14-16-12-7-6-11(15)8-13(12)17-14/h6-10H,3-5,15H2,1-2H3,(H2,16,17,18). The second kappa shape index (κ2) is 4.74. The predicted molar refractivity (Wildman–Crippen MR) is 78.7 cm³/mol. The van der Waals surface area contributed by atoms with E-state index in [-0.39, 0.29) is 0 Å². The van der Waals surface area contributed by atoms with Gasteiger partial charge < -0.3 is 10.7 Å². The summed E-state index contributed by atoms with van der Waals surface area (Å²) in [7, 11) is 0. The van der Waals surface area contributed by atoms with Crippen molar-refractivity contribution in [2.24, 2.45) is 0 Å². The molecule has 19 heavy (non-hydrogen) atoms. The summed E-state index contributed by atoms with van der Waals surface area (Å²) in [5.74, 6) is 0.793. The molecule has 0 bridgehead atoms. The number of nitrogens with zero attached hydrogens (tertiary/aromatic N) is 2. The topological polar surface area (TPSA) is 70.0 Å². The minimum atomic E-state index is 0.530. The first-order chi connectivity index (χ1) is 9.13. The summed E-state index contributed by atoms with van der Waals surface area (Å²) in [5.41, 5.74) is 11.9. The van der Waals surface area contributed by atoms with Gasteiger partial charge in [-0.2, -0.15) is 0 Å². The molecule has 5 heteroatoms. The Balaban J connectivity index is 1.84. The van der Waals surface area contributed by atoms with E-state index in [0.717, 1.165) is 22.7 Å². The van der Waals surface area contributed by atoms with Gasteiger partial charge in [-0.1, -0.05) is 6.42 Å². The number of nitrogens with two attached hydrogens (primary N) is 1. The average molecular weight is 259 g/mol. The Morgan fingerprint density at radius 2 is 2.05 bits per heavy atom. The number of hydrogen-bond acceptors (Lipinski definition) is 4. The van der Waals surface area contributed by atoms with Crippen molar-refractivity contribution in [1.82, 2.24) is 15.0 Å². The van der Waals surface area contributed by atoms with Crippen LogP contribution in [-0.2, 0) is 0 Å². The summed E-state index contributed by atoms with van der Waals surface area (Å²) in [6.07, 6.45) is 3.76. The maximum absolute atomic E-state index is 5.78. The number of aromatic nitrogens is 2. The molecule has 2 heterocycles. The Labute approximate surface area is 113 Å². The number of benzene rings is 1. The van der Waals surface area contributed by atoms with Crippen LogP contribution in [0.5, 0.6) is 0 Å². The summed E-state index contributed by atoms with van der Waals surface area (Å²) in [6, 6.07) is 6.79. The number of hydrazine groups is 1. The van der Waals surface area contributed by atoms with Crippen LogP contribution in [0.25, 0.3) is 11.0 Å². The van der Waals surface area contributed by atoms with Crippen molar-refractivity contribution < 1.29 is 0 Å². The number of nitrogen functional groups attached to an aromatic ring is 1. The first-order valence-electron chi connectivity index (χ1n) is 6.94. The Hall–Kier alpha value is -1.75. The van der Waals surface area contributed by atoms with Crippen molar-refractivity contribution in [3.63, 3.8) is 0 Å². The van der Waals surface area contributed by atoms with Gasteiger partial charge in [-0.25, -0.2) is 9.99 Å². The van der Waals surface area contributed by atoms with E-state index in [4.69, 9.17) is 5.73 Å². The van der Waals surface area contributed by atoms with Gasteiger partial charge in [0.15, 0.2) is 0 Å². The minimum absolute atomic E-state index is 0.530. The summed E-state index contributed by atoms with van der Waals surface area (Å²) in [6.45, 7) is 4.51. The zero-order valence-electron chi connectivity index (χ0n) is 11.5. The van der Waals surface area contributed by atoms with E-state index in [1.54, 1.807) is 0 Å². The van der Waals surface area contributed by atoms with Gasteiger partial charge in [0, 0.05) is 17.8 Å². The van der Waals surface area contributed by atoms with Gasteiger partial charge >= 0.3 is 0 Å². The molecule has 4 N–H and O–H groups in total. The highest BCUT2D eigenvalue weighted by molar-refractivity contribution is 5.80. The fourth-order valence-electron chi connectivity index (χ4n) is 2.84. The van der Waals surface area contributed by atoms with Crippen LogP contribution >= 0.6 is 0 Å². The van der Waals surface area contributed by atoms with Crippen LogP contribution in [0, 0.1) is 0 Å². The van der Waals surface area contributed by atoms with Gasteiger partial charge in [0.25, 0.3) is 0 Å². The fourth-order valence-corrected chi connectivity index (χ4v) is 2.84. The maximum Gasteiger partial charge on any atom is 0.216 e. The van der Waals surface area contributed by atoms with E-state index < -0.39 is 0 Å². The lowest BCUT2D eigenvalue weighted by molar-refractivity contribution is 0.134. The molecule has 0 radical (unpaired) electrons. The number of imidazole rings is 1. The number of hydrogen-bond donors (Lipinski definition) is 3. The number of rotatable bonds is 2. The molecule has 0 spiro atoms. The number of H-pyrrole nitrogens is 1. The quantitative estimate of drug-likeness (QED) is 0.725. The van der Waals surface area contributed by atoms with E-state index in [0.29, 0.717) is 12.1 Å². The highest BCUT2D eigenvalue weighted by Gasteiger charge is 2.25. The highest BCUT2D eigenvalue weighted by atomic mass is 15.6. The van der Waals surface area contributed by atoms with Crippen molar-refractivity contribution in [3.8, 4) is 0 Å². The summed E-state index contributed by atoms with van der Waals surface area (Å²) in [5, 5.41) is 2.30. The number of nitrogens with one attached hydrogen (secondary N) is 2. The molecule has 1 aromatic carbocycles. The van der Waals surface area contributed by atoms with E-state index in [9.17, 15) is 0 Å². The molecular weight excluding hydrogens is 238 g/mol. The summed E-state index contributed by atoms with van der Waals surface area (Å²) in [4.78, 5) is 7.83. The van der Waals surface area contributed by atoms with E-state index in [2.05, 4.69) is 34.3 Å². The zero-order chi connectivity index (χ0) is 13.4. The smallest absolute Gasteiger partial charge is 0.216 e. The van der Waals surface area contributed by atoms with Gasteiger partial charge in [-0.15, -0.1) is 0 Å². The lowest BCUT2D eigenvalue weighted by atomic mass is 10.00. The molecule has 2 atom stereocenters. The fraction of sp³-hybridized carbons (Fsp3) is 0.500. The second-order valence-corrected chi connectivity index (χ2v) is 5.51. The Morgan fingerprint density at radius 3 is 2.79 bits per heavy atom. The van der Waals surface area contributed by atoms with Crippen molar-refractivity contribution >= 4 is 22.7 Å². The third-order valence-corrected chi connectivity index (χ3v) is 3.93. The first kappa shape index (κ1) is 12.3. The van der Waals surface area contributed by atoms with Crippen LogP contribution in [0.1, 0.15) is 33.1 Å². The SMILES string of the molecule is CC1CCCC(C)N1Nc1nc2ccc(N)cc2[nH]1. The molecule has 0 saturated carbocycles. The van der Waals surface area contributed by atoms with Crippen LogP contribution in [0.2, 0.25) is 0 Å². The van der Waals surface area contributed by atoms with Crippen molar-refractivity contribution in [2.75, 3.05) is 11.2 Å². The zero-order valence-corrected chi connectivity index (χ0v) is 11.5. The van der Waals surface area contributed by atoms with Crippen LogP contribution in [0.3, 0.4) is 0 Å². The molecule has 2 unspecified atom stereocenters. The van der Waals surface area contributed by atoms with E-state index >= 15 is 0 Å². The molecule has 0 amide bonds. The molecule has 1 saturated heterocycles. The molecule has 2 aromatic rings. The number of piperidine rings is 1. The Kier molecular flexibility index (Phi) is 3.06. The molecule has 102 valence electrons. The minimum Gasteiger partial charge on any atom is -0.399 e. The van der Waals surface area contributed by atoms with Crippen LogP contribution < -0.4 is 11.2 Å². The Bertz CT molecular complexity index is 566. The number of aromatic amines is 1. The second-order valence-electron chi connectivity index (χ2n) is 5.51. The number of anilines is 2. The molecule has 1 aliphatic heterocycles. The van der Waals surface area contributed by atoms with Gasteiger partial charge in [-0.05, 0) is 44.9 Å². The molecule has 0 aliphatic carbocycles. The molecule has 1 fully saturated rings. The lowest BCUT2D eigenvalue weighted by Crippen LogP contribution is -2.47. The van der Waals surface area contributed by atoms with Crippen LogP contribution in [0.15, 0.2) is 18.2 Å². The maximum atomic E-state index is 5.78. The molecule has 1 aromatic heterocycles. The third-order valence-electron chi connectivity index (χ3n) is 3.93. The predicted octanol–water partition coefficient (Wildman–Crippen LogP) is 2.73. The van der Waals surface area contributed by atoms with Gasteiger partial charge in [0.2, 0.25) is 5.95 Å². The third kappa shape index (κ3) is 2.38.